The maximum Gasteiger partial charge on any atom is 0.249 e. The van der Waals surface area contributed by atoms with Gasteiger partial charge in [0.15, 0.2) is 0 Å². The third kappa shape index (κ3) is 6.04. The summed E-state index contributed by atoms with van der Waals surface area (Å²) in [6.07, 6.45) is 6.95. The zero-order valence-corrected chi connectivity index (χ0v) is 20.8. The molecule has 5 rings (SSSR count). The number of hydrogen-bond donors (Lipinski definition) is 2. The lowest BCUT2D eigenvalue weighted by Gasteiger charge is -2.31. The van der Waals surface area contributed by atoms with E-state index in [0.29, 0.717) is 35.9 Å². The number of nitrogens with zero attached hydrogens (tertiary/aromatic N) is 4. The van der Waals surface area contributed by atoms with Crippen LogP contribution in [0.3, 0.4) is 0 Å². The van der Waals surface area contributed by atoms with Crippen molar-refractivity contribution in [3.8, 4) is 11.4 Å². The average Bonchev–Trinajstić information content (AvgIpc) is 3.41. The van der Waals surface area contributed by atoms with E-state index in [-0.39, 0.29) is 24.7 Å². The number of rotatable bonds is 6. The molecule has 2 aliphatic heterocycles. The van der Waals surface area contributed by atoms with Gasteiger partial charge in [0.05, 0.1) is 18.2 Å². The number of anilines is 1. The van der Waals surface area contributed by atoms with Crippen molar-refractivity contribution in [2.75, 3.05) is 11.9 Å². The topological polar surface area (TPSA) is 104 Å². The molecule has 192 valence electrons. The van der Waals surface area contributed by atoms with Gasteiger partial charge < -0.3 is 19.8 Å². The standard InChI is InChI=1S/C14H13F2N3O2.C12H18N2O/c1-8-2-3-9(4-11(8)17-7-20)12-18-13(21-19-12)10-5-14(15,16)6-10;1-9-7-13-11-5-4-10(8-14(9)11)6-12(2,3)15/h2-4,7,10H,5-6H2,1H3,(H,17,20);4-5,8-9,15H,6-7H2,1-3H3. The number of halogens is 2. The Morgan fingerprint density at radius 3 is 2.72 bits per heavy atom. The van der Waals surface area contributed by atoms with Gasteiger partial charge in [-0.1, -0.05) is 23.4 Å². The van der Waals surface area contributed by atoms with Crippen LogP contribution in [0.15, 0.2) is 51.6 Å². The maximum absolute atomic E-state index is 12.9. The quantitative estimate of drug-likeness (QED) is 0.552. The van der Waals surface area contributed by atoms with Gasteiger partial charge in [0, 0.05) is 42.6 Å². The smallest absolute Gasteiger partial charge is 0.249 e. The van der Waals surface area contributed by atoms with E-state index < -0.39 is 11.5 Å². The summed E-state index contributed by atoms with van der Waals surface area (Å²) in [5, 5.41) is 16.2. The molecule has 1 aromatic carbocycles. The molecule has 0 radical (unpaired) electrons. The number of carbonyl (C=O) groups is 1. The largest absolute Gasteiger partial charge is 0.390 e. The number of amides is 1. The molecule has 10 heteroatoms. The molecule has 2 N–H and O–H groups in total. The number of aliphatic imine (C=N–C) groups is 1. The predicted molar refractivity (Wildman–Crippen MR) is 133 cm³/mol. The molecule has 1 saturated carbocycles. The number of hydrogen-bond acceptors (Lipinski definition) is 7. The van der Waals surface area contributed by atoms with Crippen LogP contribution in [0.2, 0.25) is 0 Å². The molecule has 1 amide bonds. The summed E-state index contributed by atoms with van der Waals surface area (Å²) in [5.74, 6) is -1.39. The monoisotopic (exact) mass is 499 g/mol. The molecule has 1 atom stereocenters. The molecule has 1 aromatic heterocycles. The molecule has 0 bridgehead atoms. The average molecular weight is 500 g/mol. The van der Waals surface area contributed by atoms with Gasteiger partial charge in [0.25, 0.3) is 0 Å². The summed E-state index contributed by atoms with van der Waals surface area (Å²) in [6.45, 7) is 8.55. The lowest BCUT2D eigenvalue weighted by Crippen LogP contribution is -2.33. The second kappa shape index (κ2) is 9.93. The number of amidine groups is 1. The van der Waals surface area contributed by atoms with Crippen LogP contribution in [0.5, 0.6) is 0 Å². The van der Waals surface area contributed by atoms with E-state index in [2.05, 4.69) is 38.5 Å². The minimum Gasteiger partial charge on any atom is -0.390 e. The molecule has 2 aromatic rings. The fourth-order valence-corrected chi connectivity index (χ4v) is 4.29. The number of carbonyl (C=O) groups excluding carboxylic acids is 1. The summed E-state index contributed by atoms with van der Waals surface area (Å²) in [4.78, 5) is 21.3. The van der Waals surface area contributed by atoms with Crippen molar-refractivity contribution in [1.29, 1.82) is 0 Å². The Morgan fingerprint density at radius 2 is 2.06 bits per heavy atom. The normalized spacial score (nSPS) is 20.5. The van der Waals surface area contributed by atoms with Crippen LogP contribution in [-0.2, 0) is 4.79 Å². The van der Waals surface area contributed by atoms with Crippen molar-refractivity contribution in [3.05, 3.63) is 53.6 Å². The number of aryl methyl sites for hydroxylation is 1. The third-order valence-electron chi connectivity index (χ3n) is 6.24. The molecule has 8 nitrogen and oxygen atoms in total. The lowest BCUT2D eigenvalue weighted by molar-refractivity contribution is -0.105. The molecular weight excluding hydrogens is 468 g/mol. The molecule has 1 unspecified atom stereocenters. The fourth-order valence-electron chi connectivity index (χ4n) is 4.29. The van der Waals surface area contributed by atoms with Gasteiger partial charge in [-0.15, -0.1) is 0 Å². The minimum atomic E-state index is -2.62. The number of benzene rings is 1. The number of alkyl halides is 2. The van der Waals surface area contributed by atoms with E-state index >= 15 is 0 Å². The van der Waals surface area contributed by atoms with E-state index in [1.807, 2.05) is 39.0 Å². The van der Waals surface area contributed by atoms with E-state index in [9.17, 15) is 18.7 Å². The molecule has 1 aliphatic carbocycles. The Bertz CT molecular complexity index is 1200. The van der Waals surface area contributed by atoms with Crippen LogP contribution >= 0.6 is 0 Å². The van der Waals surface area contributed by atoms with Crippen molar-refractivity contribution in [3.63, 3.8) is 0 Å². The highest BCUT2D eigenvalue weighted by Gasteiger charge is 2.48. The maximum atomic E-state index is 12.9. The number of allylic oxidation sites excluding steroid dienone is 1. The molecule has 3 aliphatic rings. The van der Waals surface area contributed by atoms with Crippen LogP contribution < -0.4 is 5.32 Å². The first-order chi connectivity index (χ1) is 16.9. The SMILES string of the molecule is CC1CN=C2C=CC(CC(C)(C)O)=CN21.Cc1ccc(-c2noc(C3CC(F)(F)C3)n2)cc1NC=O. The third-order valence-corrected chi connectivity index (χ3v) is 6.24. The van der Waals surface area contributed by atoms with E-state index in [1.165, 1.54) is 0 Å². The van der Waals surface area contributed by atoms with Gasteiger partial charge in [-0.25, -0.2) is 8.78 Å². The summed E-state index contributed by atoms with van der Waals surface area (Å²) in [5.41, 5.74) is 2.71. The summed E-state index contributed by atoms with van der Waals surface area (Å²) < 4.78 is 30.8. The van der Waals surface area contributed by atoms with Gasteiger partial charge in [0.1, 0.15) is 5.84 Å². The van der Waals surface area contributed by atoms with Gasteiger partial charge in [-0.2, -0.15) is 4.98 Å². The van der Waals surface area contributed by atoms with Gasteiger partial charge >= 0.3 is 0 Å². The summed E-state index contributed by atoms with van der Waals surface area (Å²) in [7, 11) is 0. The fraction of sp³-hybridized carbons (Fsp3) is 0.462. The van der Waals surface area contributed by atoms with Crippen LogP contribution in [0, 0.1) is 6.92 Å². The van der Waals surface area contributed by atoms with Gasteiger partial charge in [-0.3, -0.25) is 9.79 Å². The van der Waals surface area contributed by atoms with Crippen molar-refractivity contribution in [2.24, 2.45) is 4.99 Å². The zero-order valence-electron chi connectivity index (χ0n) is 20.8. The Labute approximate surface area is 208 Å². The Hall–Kier alpha value is -3.40. The lowest BCUT2D eigenvalue weighted by atomic mass is 9.81. The minimum absolute atomic E-state index is 0.237. The first kappa shape index (κ1) is 25.7. The number of aromatic nitrogens is 2. The molecule has 1 fully saturated rings. The van der Waals surface area contributed by atoms with Crippen LogP contribution in [0.25, 0.3) is 11.4 Å². The van der Waals surface area contributed by atoms with Crippen molar-refractivity contribution in [2.45, 2.75) is 70.4 Å². The summed E-state index contributed by atoms with van der Waals surface area (Å²) >= 11 is 0. The van der Waals surface area contributed by atoms with Crippen LogP contribution in [-0.4, -0.2) is 56.5 Å². The van der Waals surface area contributed by atoms with E-state index in [1.54, 1.807) is 12.1 Å². The van der Waals surface area contributed by atoms with Crippen molar-refractivity contribution < 1.29 is 23.2 Å². The molecule has 0 saturated heterocycles. The molecule has 0 spiro atoms. The van der Waals surface area contributed by atoms with Gasteiger partial charge in [-0.05, 0) is 51.0 Å². The summed E-state index contributed by atoms with van der Waals surface area (Å²) in [6, 6.07) is 5.76. The second-order valence-electron chi connectivity index (χ2n) is 10.2. The predicted octanol–water partition coefficient (Wildman–Crippen LogP) is 4.83. The zero-order chi connectivity index (χ0) is 26.1. The first-order valence-electron chi connectivity index (χ1n) is 11.9. The van der Waals surface area contributed by atoms with Gasteiger partial charge in [0.2, 0.25) is 24.0 Å². The van der Waals surface area contributed by atoms with Crippen molar-refractivity contribution in [1.82, 2.24) is 15.0 Å². The Morgan fingerprint density at radius 1 is 1.31 bits per heavy atom. The van der Waals surface area contributed by atoms with Crippen LogP contribution in [0.4, 0.5) is 14.5 Å². The molecule has 36 heavy (non-hydrogen) atoms. The van der Waals surface area contributed by atoms with Crippen molar-refractivity contribution >= 4 is 17.9 Å². The van der Waals surface area contributed by atoms with E-state index in [4.69, 9.17) is 4.52 Å². The second-order valence-corrected chi connectivity index (χ2v) is 10.2. The highest BCUT2D eigenvalue weighted by Crippen LogP contribution is 2.48. The van der Waals surface area contributed by atoms with E-state index in [0.717, 1.165) is 23.5 Å². The molecule has 3 heterocycles. The highest BCUT2D eigenvalue weighted by atomic mass is 19.3. The Kier molecular flexibility index (Phi) is 7.08. The van der Waals surface area contributed by atoms with Crippen LogP contribution in [0.1, 0.15) is 57.4 Å². The Balaban J connectivity index is 0.000000179. The molecular formula is C26H31F2N5O3. The number of aliphatic hydroxyl groups is 1. The number of fused-ring (bicyclic) bond motifs is 1. The number of nitrogens with one attached hydrogen (secondary N) is 1. The highest BCUT2D eigenvalue weighted by molar-refractivity contribution is 5.96. The first-order valence-corrected chi connectivity index (χ1v) is 11.9.